The third-order valence-electron chi connectivity index (χ3n) is 8.78. The zero-order valence-electron chi connectivity index (χ0n) is 22.5. The van der Waals surface area contributed by atoms with Gasteiger partial charge in [-0.3, -0.25) is 14.4 Å². The van der Waals surface area contributed by atoms with E-state index in [4.69, 9.17) is 0 Å². The first kappa shape index (κ1) is 27.2. The maximum atomic E-state index is 14.5. The van der Waals surface area contributed by atoms with Crippen molar-refractivity contribution < 1.29 is 19.5 Å². The number of carbonyl (C=O) groups excluding carboxylic acids is 3. The molecule has 3 amide bonds. The number of unbranched alkanes of at least 4 members (excludes halogenated alkanes) is 1. The summed E-state index contributed by atoms with van der Waals surface area (Å²) in [5, 5.41) is 10.5. The summed E-state index contributed by atoms with van der Waals surface area (Å²) in [7, 11) is 0. The lowest BCUT2D eigenvalue weighted by molar-refractivity contribution is -0.148. The van der Waals surface area contributed by atoms with Crippen molar-refractivity contribution in [3.8, 4) is 0 Å². The van der Waals surface area contributed by atoms with Gasteiger partial charge in [-0.05, 0) is 25.7 Å². The molecule has 7 nitrogen and oxygen atoms in total. The summed E-state index contributed by atoms with van der Waals surface area (Å²) in [6.07, 6.45) is 11.8. The van der Waals surface area contributed by atoms with Crippen molar-refractivity contribution >= 4 is 29.5 Å². The van der Waals surface area contributed by atoms with Crippen molar-refractivity contribution in [3.63, 3.8) is 0 Å². The third-order valence-corrected chi connectivity index (χ3v) is 10.6. The number of aliphatic hydroxyl groups is 1. The summed E-state index contributed by atoms with van der Waals surface area (Å²) >= 11 is 1.62. The molecule has 4 heterocycles. The molecule has 0 radical (unpaired) electrons. The molecule has 1 unspecified atom stereocenters. The minimum absolute atomic E-state index is 0.00435. The summed E-state index contributed by atoms with van der Waals surface area (Å²) < 4.78 is -1.43. The zero-order valence-corrected chi connectivity index (χ0v) is 23.3. The van der Waals surface area contributed by atoms with Crippen molar-refractivity contribution in [2.45, 2.75) is 81.9 Å². The molecule has 200 valence electrons. The van der Waals surface area contributed by atoms with Gasteiger partial charge < -0.3 is 19.8 Å². The van der Waals surface area contributed by atoms with Gasteiger partial charge in [-0.1, -0.05) is 64.8 Å². The summed E-state index contributed by atoms with van der Waals surface area (Å²) in [6.45, 7) is 12.4. The number of nitrogens with zero attached hydrogens (tertiary/aromatic N) is 3. The molecule has 0 aromatic rings. The lowest BCUT2D eigenvalue weighted by Crippen LogP contribution is -2.58. The second-order valence-electron chi connectivity index (χ2n) is 11.1. The van der Waals surface area contributed by atoms with Gasteiger partial charge in [0.25, 0.3) is 0 Å². The van der Waals surface area contributed by atoms with Gasteiger partial charge in [0, 0.05) is 30.9 Å². The van der Waals surface area contributed by atoms with Crippen LogP contribution in [0.5, 0.6) is 0 Å². The predicted octanol–water partition coefficient (Wildman–Crippen LogP) is 3.09. The molecule has 0 aromatic heterocycles. The second kappa shape index (κ2) is 10.5. The molecule has 0 bridgehead atoms. The van der Waals surface area contributed by atoms with Gasteiger partial charge in [-0.25, -0.2) is 0 Å². The molecule has 2 fully saturated rings. The molecule has 0 aliphatic carbocycles. The number of hydrogen-bond acceptors (Lipinski definition) is 5. The molecule has 4 aliphatic rings. The highest BCUT2D eigenvalue weighted by atomic mass is 32.2. The summed E-state index contributed by atoms with van der Waals surface area (Å²) in [6, 6.07) is -1.19. The minimum atomic E-state index is -0.843. The van der Waals surface area contributed by atoms with Crippen LogP contribution in [0.1, 0.15) is 60.3 Å². The van der Waals surface area contributed by atoms with E-state index in [9.17, 15) is 19.5 Å². The topological polar surface area (TPSA) is 81.2 Å². The Balaban J connectivity index is 1.87. The average molecular weight is 518 g/mol. The molecule has 0 aromatic carbocycles. The van der Waals surface area contributed by atoms with E-state index in [-0.39, 0.29) is 30.2 Å². The van der Waals surface area contributed by atoms with Crippen LogP contribution < -0.4 is 0 Å². The van der Waals surface area contributed by atoms with Crippen LogP contribution in [-0.4, -0.2) is 91.9 Å². The standard InChI is InChI=1S/C28H43N3O4S/c1-6-9-15-30-17-11-13-28-22(21-24(33)29(14-7-2)16-10-12-27(21,5)36-28)25(34)31(23(28)26(30)35)20(18-32)19(4)8-3/h10-13,19-23,32H,6-9,14-18H2,1-5H3/t19-,20-,21+,22-,23?,27-,28-/m0/s1. The van der Waals surface area contributed by atoms with Crippen LogP contribution in [0.4, 0.5) is 0 Å². The Morgan fingerprint density at radius 2 is 1.64 bits per heavy atom. The van der Waals surface area contributed by atoms with Gasteiger partial charge in [0.15, 0.2) is 0 Å². The number of fused-ring (bicyclic) bond motifs is 2. The van der Waals surface area contributed by atoms with Crippen molar-refractivity contribution in [1.82, 2.24) is 14.7 Å². The van der Waals surface area contributed by atoms with Gasteiger partial charge in [-0.2, -0.15) is 0 Å². The van der Waals surface area contributed by atoms with Gasteiger partial charge in [-0.15, -0.1) is 11.8 Å². The number of aliphatic hydroxyl groups excluding tert-OH is 1. The molecule has 8 heteroatoms. The van der Waals surface area contributed by atoms with E-state index < -0.39 is 33.4 Å². The third kappa shape index (κ3) is 4.12. The smallest absolute Gasteiger partial charge is 0.247 e. The van der Waals surface area contributed by atoms with Crippen LogP contribution in [0.2, 0.25) is 0 Å². The Labute approximate surface area is 220 Å². The van der Waals surface area contributed by atoms with E-state index >= 15 is 0 Å². The molecule has 2 saturated heterocycles. The Morgan fingerprint density at radius 3 is 2.25 bits per heavy atom. The lowest BCUT2D eigenvalue weighted by atomic mass is 9.74. The number of thioether (sulfide) groups is 1. The fourth-order valence-electron chi connectivity index (χ4n) is 6.75. The van der Waals surface area contributed by atoms with Crippen molar-refractivity contribution in [2.24, 2.45) is 17.8 Å². The van der Waals surface area contributed by atoms with Crippen LogP contribution in [0, 0.1) is 17.8 Å². The normalized spacial score (nSPS) is 35.4. The molecule has 4 aliphatic heterocycles. The van der Waals surface area contributed by atoms with E-state index in [1.165, 1.54) is 0 Å². The second-order valence-corrected chi connectivity index (χ2v) is 12.9. The van der Waals surface area contributed by atoms with Gasteiger partial charge in [0.05, 0.1) is 29.2 Å². The first-order valence-corrected chi connectivity index (χ1v) is 14.6. The quantitative estimate of drug-likeness (QED) is 0.476. The van der Waals surface area contributed by atoms with Crippen molar-refractivity contribution in [3.05, 3.63) is 24.3 Å². The highest BCUT2D eigenvalue weighted by molar-refractivity contribution is 8.02. The number of carbonyl (C=O) groups is 3. The molecule has 7 atom stereocenters. The monoisotopic (exact) mass is 517 g/mol. The maximum Gasteiger partial charge on any atom is 0.247 e. The fourth-order valence-corrected chi connectivity index (χ4v) is 8.89. The van der Waals surface area contributed by atoms with Crippen LogP contribution >= 0.6 is 11.8 Å². The van der Waals surface area contributed by atoms with Crippen LogP contribution in [0.3, 0.4) is 0 Å². The summed E-state index contributed by atoms with van der Waals surface area (Å²) in [5.41, 5.74) is 0. The number of amides is 3. The predicted molar refractivity (Wildman–Crippen MR) is 143 cm³/mol. The highest BCUT2D eigenvalue weighted by Gasteiger charge is 2.74. The first-order chi connectivity index (χ1) is 17.2. The molecule has 1 N–H and O–H groups in total. The Bertz CT molecular complexity index is 938. The fraction of sp³-hybridized carbons (Fsp3) is 0.750. The van der Waals surface area contributed by atoms with E-state index in [1.807, 2.05) is 29.7 Å². The number of rotatable bonds is 9. The van der Waals surface area contributed by atoms with E-state index in [2.05, 4.69) is 39.0 Å². The van der Waals surface area contributed by atoms with Gasteiger partial charge >= 0.3 is 0 Å². The van der Waals surface area contributed by atoms with Crippen molar-refractivity contribution in [1.29, 1.82) is 0 Å². The molecular weight excluding hydrogens is 474 g/mol. The Morgan fingerprint density at radius 1 is 0.972 bits per heavy atom. The molecule has 4 rings (SSSR count). The Hall–Kier alpha value is -1.80. The van der Waals surface area contributed by atoms with Crippen LogP contribution in [-0.2, 0) is 14.4 Å². The van der Waals surface area contributed by atoms with Gasteiger partial charge in [0.2, 0.25) is 17.7 Å². The first-order valence-electron chi connectivity index (χ1n) is 13.8. The molecule has 0 saturated carbocycles. The largest absolute Gasteiger partial charge is 0.394 e. The molecule has 1 spiro atoms. The van der Waals surface area contributed by atoms with Crippen LogP contribution in [0.25, 0.3) is 0 Å². The maximum absolute atomic E-state index is 14.5. The number of likely N-dealkylation sites (tertiary alicyclic amines) is 1. The minimum Gasteiger partial charge on any atom is -0.394 e. The molecule has 36 heavy (non-hydrogen) atoms. The summed E-state index contributed by atoms with van der Waals surface area (Å²) in [4.78, 5) is 48.2. The molecular formula is C28H43N3O4S. The van der Waals surface area contributed by atoms with E-state index in [1.54, 1.807) is 16.7 Å². The van der Waals surface area contributed by atoms with E-state index in [0.717, 1.165) is 25.7 Å². The van der Waals surface area contributed by atoms with E-state index in [0.29, 0.717) is 26.2 Å². The highest BCUT2D eigenvalue weighted by Crippen LogP contribution is 2.66. The van der Waals surface area contributed by atoms with Gasteiger partial charge in [0.1, 0.15) is 6.04 Å². The van der Waals surface area contributed by atoms with Crippen molar-refractivity contribution in [2.75, 3.05) is 32.8 Å². The Kier molecular flexibility index (Phi) is 7.96. The zero-order chi connectivity index (χ0) is 26.3. The average Bonchev–Trinajstić information content (AvgIpc) is 3.13. The van der Waals surface area contributed by atoms with Crippen LogP contribution in [0.15, 0.2) is 24.3 Å². The SMILES string of the molecule is CCCCN1CC=C[C@]23S[C@@]4(C)C=CCN(CCC)C(=O)[C@H]4[C@H]2C(=O)N([C@@H](CO)[C@@H](C)CC)C3C1=O. The number of hydrogen-bond donors (Lipinski definition) is 1. The summed E-state index contributed by atoms with van der Waals surface area (Å²) in [5.74, 6) is -1.38. The lowest BCUT2D eigenvalue weighted by Gasteiger charge is -2.41.